The normalized spacial score (nSPS) is 15.7. The second-order valence-corrected chi connectivity index (χ2v) is 7.94. The molecule has 2 heterocycles. The molecule has 1 aromatic heterocycles. The molecule has 0 bridgehead atoms. The lowest BCUT2D eigenvalue weighted by molar-refractivity contribution is 0.224. The molecule has 170 valence electrons. The molecule has 1 fully saturated rings. The molecule has 1 atom stereocenters. The smallest absolute Gasteiger partial charge is 0.191 e. The van der Waals surface area contributed by atoms with Gasteiger partial charge in [0, 0.05) is 51.0 Å². The molecule has 1 aliphatic rings. The standard InChI is InChI=1S/C22H31ClN6O.HI/c1-17(30-20-7-5-19(23)6-8-20)14-26-22(24-2)27-16-18-4-9-21(25-15-18)29-12-10-28(3)11-13-29;/h4-9,15,17H,10-14,16H2,1-3H3,(H2,24,26,27);1H. The van der Waals surface area contributed by atoms with Crippen molar-refractivity contribution in [1.29, 1.82) is 0 Å². The van der Waals surface area contributed by atoms with Crippen LogP contribution in [0.1, 0.15) is 12.5 Å². The van der Waals surface area contributed by atoms with Crippen LogP contribution in [0.15, 0.2) is 47.6 Å². The number of rotatable bonds is 7. The van der Waals surface area contributed by atoms with Crippen molar-refractivity contribution in [2.24, 2.45) is 4.99 Å². The van der Waals surface area contributed by atoms with E-state index >= 15 is 0 Å². The third kappa shape index (κ3) is 8.34. The molecule has 1 aliphatic heterocycles. The number of ether oxygens (including phenoxy) is 1. The Balaban J connectivity index is 0.00000341. The Hall–Kier alpha value is -1.78. The Bertz CT molecular complexity index is 810. The molecule has 9 heteroatoms. The molecule has 3 rings (SSSR count). The van der Waals surface area contributed by atoms with Crippen LogP contribution in [-0.4, -0.2) is 68.8 Å². The first-order valence-corrected chi connectivity index (χ1v) is 10.7. The molecule has 7 nitrogen and oxygen atoms in total. The van der Waals surface area contributed by atoms with Crippen LogP contribution in [-0.2, 0) is 6.54 Å². The van der Waals surface area contributed by atoms with E-state index in [0.717, 1.165) is 49.3 Å². The van der Waals surface area contributed by atoms with Crippen LogP contribution in [0.2, 0.25) is 5.02 Å². The third-order valence-corrected chi connectivity index (χ3v) is 5.28. The minimum atomic E-state index is -0.0192. The number of nitrogens with one attached hydrogen (secondary N) is 2. The minimum absolute atomic E-state index is 0. The number of pyridine rings is 1. The van der Waals surface area contributed by atoms with Gasteiger partial charge in [0.25, 0.3) is 0 Å². The maximum Gasteiger partial charge on any atom is 0.191 e. The SMILES string of the molecule is CN=C(NCc1ccc(N2CCN(C)CC2)nc1)NCC(C)Oc1ccc(Cl)cc1.I. The lowest BCUT2D eigenvalue weighted by Crippen LogP contribution is -2.44. The number of aromatic nitrogens is 1. The third-order valence-electron chi connectivity index (χ3n) is 5.03. The number of piperazine rings is 1. The molecular formula is C22H32ClIN6O. The Morgan fingerprint density at radius 2 is 1.84 bits per heavy atom. The van der Waals surface area contributed by atoms with Gasteiger partial charge < -0.3 is 25.2 Å². The van der Waals surface area contributed by atoms with Crippen LogP contribution in [0.3, 0.4) is 0 Å². The summed E-state index contributed by atoms with van der Waals surface area (Å²) in [7, 11) is 3.92. The van der Waals surface area contributed by atoms with Crippen LogP contribution in [0.25, 0.3) is 0 Å². The average molecular weight is 559 g/mol. The fourth-order valence-corrected chi connectivity index (χ4v) is 3.30. The first-order chi connectivity index (χ1) is 14.5. The summed E-state index contributed by atoms with van der Waals surface area (Å²) in [5.74, 6) is 2.57. The van der Waals surface area contributed by atoms with Crippen molar-refractivity contribution in [2.75, 3.05) is 51.7 Å². The van der Waals surface area contributed by atoms with Crippen LogP contribution >= 0.6 is 35.6 Å². The zero-order valence-corrected chi connectivity index (χ0v) is 21.4. The molecule has 0 aliphatic carbocycles. The fourth-order valence-electron chi connectivity index (χ4n) is 3.18. The maximum absolute atomic E-state index is 5.91. The summed E-state index contributed by atoms with van der Waals surface area (Å²) < 4.78 is 5.88. The average Bonchev–Trinajstić information content (AvgIpc) is 2.76. The Morgan fingerprint density at radius 1 is 1.13 bits per heavy atom. The van der Waals surface area contributed by atoms with E-state index < -0.39 is 0 Å². The van der Waals surface area contributed by atoms with E-state index in [-0.39, 0.29) is 30.1 Å². The van der Waals surface area contributed by atoms with E-state index in [1.807, 2.05) is 37.4 Å². The van der Waals surface area contributed by atoms with Crippen molar-refractivity contribution >= 4 is 47.4 Å². The number of likely N-dealkylation sites (N-methyl/N-ethyl adjacent to an activating group) is 1. The molecule has 0 saturated carbocycles. The van der Waals surface area contributed by atoms with Gasteiger partial charge in [-0.3, -0.25) is 4.99 Å². The van der Waals surface area contributed by atoms with E-state index in [4.69, 9.17) is 16.3 Å². The number of hydrogen-bond donors (Lipinski definition) is 2. The van der Waals surface area contributed by atoms with Gasteiger partial charge in [-0.25, -0.2) is 4.98 Å². The van der Waals surface area contributed by atoms with Gasteiger partial charge in [-0.15, -0.1) is 24.0 Å². The number of guanidine groups is 1. The molecule has 1 unspecified atom stereocenters. The molecule has 2 N–H and O–H groups in total. The van der Waals surface area contributed by atoms with Crippen LogP contribution in [0.5, 0.6) is 5.75 Å². The number of nitrogens with zero attached hydrogens (tertiary/aromatic N) is 4. The van der Waals surface area contributed by atoms with Gasteiger partial charge in [0.05, 0.1) is 6.54 Å². The quantitative estimate of drug-likeness (QED) is 0.309. The number of benzene rings is 1. The van der Waals surface area contributed by atoms with E-state index in [1.165, 1.54) is 0 Å². The summed E-state index contributed by atoms with van der Waals surface area (Å²) in [6.07, 6.45) is 1.91. The summed E-state index contributed by atoms with van der Waals surface area (Å²) in [6.45, 7) is 7.49. The maximum atomic E-state index is 5.91. The lowest BCUT2D eigenvalue weighted by Gasteiger charge is -2.33. The second kappa shape index (κ2) is 12.9. The first kappa shape index (κ1) is 25.5. The largest absolute Gasteiger partial charge is 0.489 e. The molecular weight excluding hydrogens is 527 g/mol. The first-order valence-electron chi connectivity index (χ1n) is 10.3. The van der Waals surface area contributed by atoms with Gasteiger partial charge in [0.1, 0.15) is 17.7 Å². The monoisotopic (exact) mass is 558 g/mol. The van der Waals surface area contributed by atoms with Crippen molar-refractivity contribution in [1.82, 2.24) is 20.5 Å². The Morgan fingerprint density at radius 3 is 2.45 bits per heavy atom. The highest BCUT2D eigenvalue weighted by atomic mass is 127. The van der Waals surface area contributed by atoms with Crippen molar-refractivity contribution < 1.29 is 4.74 Å². The molecule has 0 amide bonds. The fraction of sp³-hybridized carbons (Fsp3) is 0.455. The van der Waals surface area contributed by atoms with Gasteiger partial charge in [0.2, 0.25) is 0 Å². The van der Waals surface area contributed by atoms with Crippen molar-refractivity contribution in [3.8, 4) is 5.75 Å². The Kier molecular flexibility index (Phi) is 10.6. The van der Waals surface area contributed by atoms with Gasteiger partial charge in [-0.2, -0.15) is 0 Å². The van der Waals surface area contributed by atoms with E-state index in [0.29, 0.717) is 18.1 Å². The predicted octanol–water partition coefficient (Wildman–Crippen LogP) is 3.24. The van der Waals surface area contributed by atoms with Gasteiger partial charge in [-0.1, -0.05) is 17.7 Å². The highest BCUT2D eigenvalue weighted by Crippen LogP contribution is 2.16. The van der Waals surface area contributed by atoms with E-state index in [1.54, 1.807) is 7.05 Å². The molecule has 31 heavy (non-hydrogen) atoms. The summed E-state index contributed by atoms with van der Waals surface area (Å²) in [5.41, 5.74) is 1.11. The highest BCUT2D eigenvalue weighted by Gasteiger charge is 2.15. The summed E-state index contributed by atoms with van der Waals surface area (Å²) in [4.78, 5) is 13.6. The van der Waals surface area contributed by atoms with Crippen molar-refractivity contribution in [2.45, 2.75) is 19.6 Å². The topological polar surface area (TPSA) is 65.0 Å². The predicted molar refractivity (Wildman–Crippen MR) is 139 cm³/mol. The molecule has 2 aromatic rings. The van der Waals surface area contributed by atoms with Crippen LogP contribution < -0.4 is 20.3 Å². The van der Waals surface area contributed by atoms with Crippen molar-refractivity contribution in [3.63, 3.8) is 0 Å². The lowest BCUT2D eigenvalue weighted by atomic mass is 10.2. The zero-order valence-electron chi connectivity index (χ0n) is 18.3. The Labute approximate surface area is 207 Å². The number of hydrogen-bond acceptors (Lipinski definition) is 5. The number of aliphatic imine (C=N–C) groups is 1. The van der Waals surface area contributed by atoms with E-state index in [2.05, 4.69) is 49.6 Å². The minimum Gasteiger partial charge on any atom is -0.489 e. The van der Waals surface area contributed by atoms with Gasteiger partial charge in [0.15, 0.2) is 5.96 Å². The molecule has 0 spiro atoms. The molecule has 1 aromatic carbocycles. The van der Waals surface area contributed by atoms with Gasteiger partial charge in [-0.05, 0) is 49.9 Å². The van der Waals surface area contributed by atoms with Gasteiger partial charge >= 0.3 is 0 Å². The molecule has 0 radical (unpaired) electrons. The summed E-state index contributed by atoms with van der Waals surface area (Å²) >= 11 is 5.91. The second-order valence-electron chi connectivity index (χ2n) is 7.50. The van der Waals surface area contributed by atoms with Crippen molar-refractivity contribution in [3.05, 3.63) is 53.2 Å². The van der Waals surface area contributed by atoms with Crippen LogP contribution in [0, 0.1) is 0 Å². The summed E-state index contributed by atoms with van der Waals surface area (Å²) in [5, 5.41) is 7.31. The highest BCUT2D eigenvalue weighted by molar-refractivity contribution is 14.0. The van der Waals surface area contributed by atoms with E-state index in [9.17, 15) is 0 Å². The number of anilines is 1. The molecule has 1 saturated heterocycles. The zero-order chi connectivity index (χ0) is 21.3. The van der Waals surface area contributed by atoms with Crippen LogP contribution in [0.4, 0.5) is 5.82 Å². The number of halogens is 2. The summed E-state index contributed by atoms with van der Waals surface area (Å²) in [6, 6.07) is 11.6.